The number of rotatable bonds is 3. The number of nitrogens with zero attached hydrogens (tertiary/aromatic N) is 4. The van der Waals surface area contributed by atoms with E-state index in [1.807, 2.05) is 0 Å². The fourth-order valence-electron chi connectivity index (χ4n) is 1.32. The molecule has 2 aromatic rings. The molecule has 0 spiro atoms. The summed E-state index contributed by atoms with van der Waals surface area (Å²) in [5.41, 5.74) is -1.63. The van der Waals surface area contributed by atoms with Crippen LogP contribution in [0.4, 0.5) is 8.78 Å². The lowest BCUT2D eigenvalue weighted by Gasteiger charge is -1.99. The third-order valence-corrected chi connectivity index (χ3v) is 2.41. The molecule has 0 saturated carbocycles. The zero-order valence-electron chi connectivity index (χ0n) is 8.59. The molecule has 2 aromatic heterocycles. The van der Waals surface area contributed by atoms with Crippen LogP contribution in [0, 0.1) is 0 Å². The van der Waals surface area contributed by atoms with Gasteiger partial charge in [0.1, 0.15) is 22.7 Å². The van der Waals surface area contributed by atoms with Gasteiger partial charge < -0.3 is 5.11 Å². The minimum atomic E-state index is -3.04. The van der Waals surface area contributed by atoms with Crippen molar-refractivity contribution in [3.63, 3.8) is 0 Å². The number of alkyl halides is 2. The molecule has 0 bridgehead atoms. The highest BCUT2D eigenvalue weighted by Crippen LogP contribution is 2.29. The first-order chi connectivity index (χ1) is 8.52. The van der Waals surface area contributed by atoms with Crippen LogP contribution in [0.15, 0.2) is 18.6 Å². The zero-order valence-corrected chi connectivity index (χ0v) is 9.34. The van der Waals surface area contributed by atoms with Crippen LogP contribution >= 0.6 is 11.6 Å². The second-order valence-corrected chi connectivity index (χ2v) is 3.49. The van der Waals surface area contributed by atoms with Crippen LogP contribution < -0.4 is 0 Å². The van der Waals surface area contributed by atoms with Crippen molar-refractivity contribution >= 4 is 17.6 Å². The molecule has 1 N–H and O–H groups in total. The van der Waals surface area contributed by atoms with Gasteiger partial charge in [-0.25, -0.2) is 28.2 Å². The van der Waals surface area contributed by atoms with Crippen molar-refractivity contribution in [1.82, 2.24) is 19.7 Å². The van der Waals surface area contributed by atoms with Crippen molar-refractivity contribution in [2.75, 3.05) is 0 Å². The maximum Gasteiger partial charge on any atom is 0.341 e. The molecule has 18 heavy (non-hydrogen) atoms. The predicted octanol–water partition coefficient (Wildman–Crippen LogP) is 1.95. The Morgan fingerprint density at radius 2 is 2.22 bits per heavy atom. The molecule has 0 aliphatic rings. The number of carboxylic acid groups (broad SMARTS) is 1. The van der Waals surface area contributed by atoms with Crippen molar-refractivity contribution in [2.45, 2.75) is 6.43 Å². The van der Waals surface area contributed by atoms with Crippen LogP contribution in [-0.4, -0.2) is 30.8 Å². The SMILES string of the molecule is O=C(O)c1c(C(F)F)nn(-c2ccncn2)c1Cl. The van der Waals surface area contributed by atoms with E-state index in [2.05, 4.69) is 15.1 Å². The highest BCUT2D eigenvalue weighted by molar-refractivity contribution is 6.32. The maximum absolute atomic E-state index is 12.7. The van der Waals surface area contributed by atoms with E-state index in [1.165, 1.54) is 12.3 Å². The number of hydrogen-bond acceptors (Lipinski definition) is 4. The van der Waals surface area contributed by atoms with Gasteiger partial charge in [-0.3, -0.25) is 0 Å². The smallest absolute Gasteiger partial charge is 0.341 e. The molecule has 2 rings (SSSR count). The van der Waals surface area contributed by atoms with E-state index in [9.17, 15) is 13.6 Å². The van der Waals surface area contributed by atoms with Gasteiger partial charge in [0.25, 0.3) is 6.43 Å². The molecular formula is C9H5ClF2N4O2. The number of carboxylic acids is 1. The first kappa shape index (κ1) is 12.4. The number of carbonyl (C=O) groups is 1. The molecule has 0 radical (unpaired) electrons. The van der Waals surface area contributed by atoms with E-state index >= 15 is 0 Å². The molecule has 0 atom stereocenters. The number of aromatic carboxylic acids is 1. The number of aromatic nitrogens is 4. The summed E-state index contributed by atoms with van der Waals surface area (Å²) in [6, 6.07) is 1.36. The van der Waals surface area contributed by atoms with Gasteiger partial charge in [-0.15, -0.1) is 0 Å². The van der Waals surface area contributed by atoms with Crippen molar-refractivity contribution in [3.05, 3.63) is 35.0 Å². The molecule has 94 valence electrons. The van der Waals surface area contributed by atoms with Gasteiger partial charge >= 0.3 is 5.97 Å². The molecule has 0 aliphatic carbocycles. The molecule has 0 amide bonds. The maximum atomic E-state index is 12.7. The number of hydrogen-bond donors (Lipinski definition) is 1. The molecule has 0 unspecified atom stereocenters. The van der Waals surface area contributed by atoms with Gasteiger partial charge in [0.2, 0.25) is 0 Å². The third-order valence-electron chi connectivity index (χ3n) is 2.06. The van der Waals surface area contributed by atoms with Gasteiger partial charge in [-0.1, -0.05) is 11.6 Å². The average Bonchev–Trinajstić information content (AvgIpc) is 2.68. The summed E-state index contributed by atoms with van der Waals surface area (Å²) in [4.78, 5) is 18.3. The fourth-order valence-corrected chi connectivity index (χ4v) is 1.63. The minimum Gasteiger partial charge on any atom is -0.478 e. The molecule has 0 aliphatic heterocycles. The second kappa shape index (κ2) is 4.65. The first-order valence-corrected chi connectivity index (χ1v) is 4.96. The summed E-state index contributed by atoms with van der Waals surface area (Å²) < 4.78 is 26.2. The summed E-state index contributed by atoms with van der Waals surface area (Å²) in [5.74, 6) is -1.47. The highest BCUT2D eigenvalue weighted by Gasteiger charge is 2.28. The Kier molecular flexibility index (Phi) is 3.19. The summed E-state index contributed by atoms with van der Waals surface area (Å²) in [7, 11) is 0. The van der Waals surface area contributed by atoms with Crippen molar-refractivity contribution in [2.24, 2.45) is 0 Å². The van der Waals surface area contributed by atoms with Crippen LogP contribution in [0.3, 0.4) is 0 Å². The van der Waals surface area contributed by atoms with Crippen LogP contribution in [0.2, 0.25) is 5.15 Å². The van der Waals surface area contributed by atoms with Gasteiger partial charge in [0.15, 0.2) is 5.82 Å². The molecule has 0 aromatic carbocycles. The van der Waals surface area contributed by atoms with Gasteiger partial charge in [-0.05, 0) is 0 Å². The standard InChI is InChI=1S/C9H5ClF2N4O2/c10-7-5(9(17)18)6(8(11)12)15-16(7)4-1-2-13-3-14-4/h1-3,8H,(H,17,18). The summed E-state index contributed by atoms with van der Waals surface area (Å²) in [6.07, 6.45) is -0.532. The van der Waals surface area contributed by atoms with E-state index in [0.717, 1.165) is 11.0 Å². The van der Waals surface area contributed by atoms with E-state index in [4.69, 9.17) is 16.7 Å². The second-order valence-electron chi connectivity index (χ2n) is 3.14. The lowest BCUT2D eigenvalue weighted by Crippen LogP contribution is -2.01. The third kappa shape index (κ3) is 2.02. The van der Waals surface area contributed by atoms with Crippen molar-refractivity contribution in [3.8, 4) is 5.82 Å². The predicted molar refractivity (Wildman–Crippen MR) is 56.1 cm³/mol. The van der Waals surface area contributed by atoms with E-state index < -0.39 is 28.8 Å². The lowest BCUT2D eigenvalue weighted by molar-refractivity contribution is 0.0684. The monoisotopic (exact) mass is 274 g/mol. The van der Waals surface area contributed by atoms with Crippen molar-refractivity contribution < 1.29 is 18.7 Å². The average molecular weight is 275 g/mol. The molecular weight excluding hydrogens is 270 g/mol. The first-order valence-electron chi connectivity index (χ1n) is 4.58. The Balaban J connectivity index is 2.64. The molecule has 2 heterocycles. The van der Waals surface area contributed by atoms with E-state index in [0.29, 0.717) is 0 Å². The Labute approximate surface area is 104 Å². The van der Waals surface area contributed by atoms with Crippen LogP contribution in [-0.2, 0) is 0 Å². The summed E-state index contributed by atoms with van der Waals surface area (Å²) in [5, 5.41) is 11.9. The fraction of sp³-hybridized carbons (Fsp3) is 0.111. The Morgan fingerprint density at radius 3 is 2.67 bits per heavy atom. The molecule has 9 heteroatoms. The Hall–Kier alpha value is -2.09. The van der Waals surface area contributed by atoms with E-state index in [-0.39, 0.29) is 5.82 Å². The molecule has 0 fully saturated rings. The summed E-state index contributed by atoms with van der Waals surface area (Å²) >= 11 is 5.73. The Bertz CT molecular complexity index is 588. The van der Waals surface area contributed by atoms with Crippen LogP contribution in [0.25, 0.3) is 5.82 Å². The Morgan fingerprint density at radius 1 is 1.50 bits per heavy atom. The van der Waals surface area contributed by atoms with Gasteiger partial charge in [-0.2, -0.15) is 5.10 Å². The highest BCUT2D eigenvalue weighted by atomic mass is 35.5. The van der Waals surface area contributed by atoms with Gasteiger partial charge in [0.05, 0.1) is 0 Å². The normalized spacial score (nSPS) is 10.9. The topological polar surface area (TPSA) is 80.9 Å². The molecule has 0 saturated heterocycles. The zero-order chi connectivity index (χ0) is 13.3. The van der Waals surface area contributed by atoms with Crippen LogP contribution in [0.5, 0.6) is 0 Å². The quantitative estimate of drug-likeness (QED) is 0.925. The largest absolute Gasteiger partial charge is 0.478 e. The molecule has 6 nitrogen and oxygen atoms in total. The summed E-state index contributed by atoms with van der Waals surface area (Å²) in [6.45, 7) is 0. The van der Waals surface area contributed by atoms with E-state index in [1.54, 1.807) is 0 Å². The minimum absolute atomic E-state index is 0.101. The number of halogens is 3. The lowest BCUT2D eigenvalue weighted by atomic mass is 10.2. The van der Waals surface area contributed by atoms with Crippen molar-refractivity contribution in [1.29, 1.82) is 0 Å². The van der Waals surface area contributed by atoms with Crippen LogP contribution in [0.1, 0.15) is 22.5 Å². The van der Waals surface area contributed by atoms with Gasteiger partial charge in [0, 0.05) is 12.3 Å².